The maximum atomic E-state index is 4.68. The molecule has 0 atom stereocenters. The number of hydrogen-bond acceptors (Lipinski definition) is 7. The molecule has 0 aliphatic carbocycles. The van der Waals surface area contributed by atoms with Crippen LogP contribution in [0, 0.1) is 0 Å². The third-order valence-electron chi connectivity index (χ3n) is 4.27. The first-order valence-electron chi connectivity index (χ1n) is 9.02. The minimum Gasteiger partial charge on any atom is -0.338 e. The molecule has 0 aliphatic rings. The second kappa shape index (κ2) is 7.35. The Morgan fingerprint density at radius 2 is 1.55 bits per heavy atom. The summed E-state index contributed by atoms with van der Waals surface area (Å²) >= 11 is 0. The topological polar surface area (TPSA) is 93.4 Å². The number of aromatic nitrogens is 6. The first-order valence-corrected chi connectivity index (χ1v) is 9.02. The van der Waals surface area contributed by atoms with Crippen LogP contribution in [0.5, 0.6) is 0 Å². The lowest BCUT2D eigenvalue weighted by Gasteiger charge is -2.10. The van der Waals surface area contributed by atoms with Gasteiger partial charge in [0.1, 0.15) is 6.33 Å². The van der Waals surface area contributed by atoms with Gasteiger partial charge >= 0.3 is 0 Å². The second-order valence-electron chi connectivity index (χ2n) is 6.22. The van der Waals surface area contributed by atoms with E-state index in [0.717, 1.165) is 11.4 Å². The van der Waals surface area contributed by atoms with Gasteiger partial charge in [0.15, 0.2) is 22.8 Å². The van der Waals surface area contributed by atoms with E-state index in [9.17, 15) is 0 Å². The van der Waals surface area contributed by atoms with Gasteiger partial charge in [-0.3, -0.25) is 9.55 Å². The molecule has 0 saturated carbocycles. The van der Waals surface area contributed by atoms with Crippen LogP contribution in [0.1, 0.15) is 0 Å². The van der Waals surface area contributed by atoms with E-state index < -0.39 is 0 Å². The molecule has 0 aliphatic heterocycles. The van der Waals surface area contributed by atoms with Crippen molar-refractivity contribution in [1.82, 2.24) is 29.5 Å². The van der Waals surface area contributed by atoms with Crippen LogP contribution in [0.3, 0.4) is 0 Å². The lowest BCUT2D eigenvalue weighted by Crippen LogP contribution is -2.04. The standard InChI is InChI=1S/C21H16N8/c1-3-7-15(8-4-1)25-19-18-20(29(14-24-18)16-9-5-2-6-10-16)28-21(27-19)26-17-13-22-11-12-23-17/h1-14H,(H2,23,25,26,27,28). The van der Waals surface area contributed by atoms with Gasteiger partial charge in [-0.25, -0.2) is 9.97 Å². The van der Waals surface area contributed by atoms with Crippen LogP contribution in [0.4, 0.5) is 23.3 Å². The molecular formula is C21H16N8. The van der Waals surface area contributed by atoms with Gasteiger partial charge < -0.3 is 10.6 Å². The van der Waals surface area contributed by atoms with Crippen molar-refractivity contribution in [3.63, 3.8) is 0 Å². The molecule has 2 N–H and O–H groups in total. The molecule has 29 heavy (non-hydrogen) atoms. The third-order valence-corrected chi connectivity index (χ3v) is 4.27. The number of nitrogens with one attached hydrogen (secondary N) is 2. The number of nitrogens with zero attached hydrogens (tertiary/aromatic N) is 6. The van der Waals surface area contributed by atoms with Crippen LogP contribution < -0.4 is 10.6 Å². The zero-order chi connectivity index (χ0) is 19.5. The Bertz CT molecular complexity index is 1240. The number of imidazole rings is 1. The number of rotatable bonds is 5. The minimum atomic E-state index is 0.397. The number of benzene rings is 2. The van der Waals surface area contributed by atoms with E-state index in [-0.39, 0.29) is 0 Å². The molecule has 5 aromatic rings. The van der Waals surface area contributed by atoms with Crippen molar-refractivity contribution in [2.75, 3.05) is 10.6 Å². The Labute approximate surface area is 166 Å². The Balaban J connectivity index is 1.64. The third kappa shape index (κ3) is 3.46. The number of para-hydroxylation sites is 2. The molecule has 0 spiro atoms. The van der Waals surface area contributed by atoms with Gasteiger partial charge in [-0.15, -0.1) is 0 Å². The normalized spacial score (nSPS) is 10.8. The van der Waals surface area contributed by atoms with Crippen LogP contribution in [0.15, 0.2) is 85.6 Å². The fourth-order valence-electron chi connectivity index (χ4n) is 2.96. The van der Waals surface area contributed by atoms with Crippen LogP contribution in [0.25, 0.3) is 16.9 Å². The van der Waals surface area contributed by atoms with Crippen molar-refractivity contribution in [3.8, 4) is 5.69 Å². The van der Waals surface area contributed by atoms with Gasteiger partial charge in [0.25, 0.3) is 0 Å². The zero-order valence-electron chi connectivity index (χ0n) is 15.3. The molecule has 0 bridgehead atoms. The summed E-state index contributed by atoms with van der Waals surface area (Å²) in [6, 6.07) is 19.8. The van der Waals surface area contributed by atoms with Crippen LogP contribution in [-0.4, -0.2) is 29.5 Å². The first-order chi connectivity index (χ1) is 14.4. The van der Waals surface area contributed by atoms with Crippen LogP contribution in [0.2, 0.25) is 0 Å². The highest BCUT2D eigenvalue weighted by Gasteiger charge is 2.15. The highest BCUT2D eigenvalue weighted by Crippen LogP contribution is 2.26. The summed E-state index contributed by atoms with van der Waals surface area (Å²) in [4.78, 5) is 22.2. The lowest BCUT2D eigenvalue weighted by atomic mass is 10.3. The molecule has 8 nitrogen and oxygen atoms in total. The van der Waals surface area contributed by atoms with Crippen LogP contribution >= 0.6 is 0 Å². The average Bonchev–Trinajstić information content (AvgIpc) is 3.20. The number of anilines is 4. The molecule has 8 heteroatoms. The summed E-state index contributed by atoms with van der Waals surface area (Å²) in [5.74, 6) is 1.56. The van der Waals surface area contributed by atoms with Crippen molar-refractivity contribution in [3.05, 3.63) is 85.6 Å². The van der Waals surface area contributed by atoms with E-state index in [1.54, 1.807) is 24.9 Å². The van der Waals surface area contributed by atoms with Gasteiger partial charge in [-0.1, -0.05) is 36.4 Å². The maximum absolute atomic E-state index is 4.68. The molecule has 3 heterocycles. The molecule has 0 fully saturated rings. The van der Waals surface area contributed by atoms with Crippen molar-refractivity contribution < 1.29 is 0 Å². The van der Waals surface area contributed by atoms with E-state index >= 15 is 0 Å². The minimum absolute atomic E-state index is 0.397. The number of fused-ring (bicyclic) bond motifs is 1. The summed E-state index contributed by atoms with van der Waals surface area (Å²) in [6.45, 7) is 0. The van der Waals surface area contributed by atoms with E-state index in [4.69, 9.17) is 0 Å². The molecule has 5 rings (SSSR count). The average molecular weight is 380 g/mol. The van der Waals surface area contributed by atoms with E-state index in [0.29, 0.717) is 28.7 Å². The Kier molecular flexibility index (Phi) is 4.26. The van der Waals surface area contributed by atoms with Gasteiger partial charge in [-0.05, 0) is 24.3 Å². The van der Waals surface area contributed by atoms with Crippen molar-refractivity contribution in [2.45, 2.75) is 0 Å². The molecule has 2 aromatic carbocycles. The number of hydrogen-bond donors (Lipinski definition) is 2. The van der Waals surface area contributed by atoms with E-state index in [2.05, 4.69) is 35.6 Å². The van der Waals surface area contributed by atoms with Gasteiger partial charge in [0, 0.05) is 23.8 Å². The molecular weight excluding hydrogens is 364 g/mol. The summed E-state index contributed by atoms with van der Waals surface area (Å²) in [7, 11) is 0. The molecule has 140 valence electrons. The summed E-state index contributed by atoms with van der Waals surface area (Å²) in [5, 5.41) is 6.45. The van der Waals surface area contributed by atoms with E-state index in [1.165, 1.54) is 0 Å². The smallest absolute Gasteiger partial charge is 0.232 e. The Hall–Kier alpha value is -4.33. The summed E-state index contributed by atoms with van der Waals surface area (Å²) in [6.07, 6.45) is 6.59. The largest absolute Gasteiger partial charge is 0.338 e. The quantitative estimate of drug-likeness (QED) is 0.474. The predicted molar refractivity (Wildman–Crippen MR) is 112 cm³/mol. The van der Waals surface area contributed by atoms with E-state index in [1.807, 2.05) is 65.2 Å². The Morgan fingerprint density at radius 3 is 2.31 bits per heavy atom. The SMILES string of the molecule is c1ccc(Nc2nc(Nc3cnccn3)nc3c2ncn3-c2ccccc2)cc1. The molecule has 0 radical (unpaired) electrons. The lowest BCUT2D eigenvalue weighted by molar-refractivity contribution is 1.06. The van der Waals surface area contributed by atoms with Crippen molar-refractivity contribution in [2.24, 2.45) is 0 Å². The second-order valence-corrected chi connectivity index (χ2v) is 6.22. The Morgan fingerprint density at radius 1 is 0.759 bits per heavy atom. The molecule has 0 unspecified atom stereocenters. The highest BCUT2D eigenvalue weighted by atomic mass is 15.2. The molecule has 0 saturated heterocycles. The van der Waals surface area contributed by atoms with Gasteiger partial charge in [0.05, 0.1) is 6.20 Å². The predicted octanol–water partition coefficient (Wildman–Crippen LogP) is 4.09. The zero-order valence-corrected chi connectivity index (χ0v) is 15.3. The fourth-order valence-corrected chi connectivity index (χ4v) is 2.96. The molecule has 0 amide bonds. The summed E-state index contributed by atoms with van der Waals surface area (Å²) in [5.41, 5.74) is 3.22. The fraction of sp³-hybridized carbons (Fsp3) is 0. The van der Waals surface area contributed by atoms with Crippen LogP contribution in [-0.2, 0) is 0 Å². The van der Waals surface area contributed by atoms with Gasteiger partial charge in [0.2, 0.25) is 5.95 Å². The highest BCUT2D eigenvalue weighted by molar-refractivity contribution is 5.87. The monoisotopic (exact) mass is 380 g/mol. The van der Waals surface area contributed by atoms with Crippen molar-refractivity contribution >= 4 is 34.4 Å². The molecule has 3 aromatic heterocycles. The maximum Gasteiger partial charge on any atom is 0.232 e. The van der Waals surface area contributed by atoms with Gasteiger partial charge in [-0.2, -0.15) is 9.97 Å². The summed E-state index contributed by atoms with van der Waals surface area (Å²) < 4.78 is 1.93. The van der Waals surface area contributed by atoms with Crippen molar-refractivity contribution in [1.29, 1.82) is 0 Å². The first kappa shape index (κ1) is 16.8.